The van der Waals surface area contributed by atoms with Gasteiger partial charge in [0.15, 0.2) is 10.8 Å². The third kappa shape index (κ3) is 5.74. The summed E-state index contributed by atoms with van der Waals surface area (Å²) in [6.07, 6.45) is 1.61. The van der Waals surface area contributed by atoms with Crippen LogP contribution >= 0.6 is 46.6 Å². The van der Waals surface area contributed by atoms with Crippen molar-refractivity contribution >= 4 is 81.2 Å². The fourth-order valence-corrected chi connectivity index (χ4v) is 7.26. The second-order valence-corrected chi connectivity index (χ2v) is 12.5. The molecule has 0 spiro atoms. The van der Waals surface area contributed by atoms with E-state index >= 15 is 0 Å². The van der Waals surface area contributed by atoms with E-state index in [1.165, 1.54) is 54.5 Å². The molecular formula is C19H20N8O7S4. The first kappa shape index (κ1) is 27.7. The van der Waals surface area contributed by atoms with Gasteiger partial charge in [-0.2, -0.15) is 0 Å². The van der Waals surface area contributed by atoms with E-state index in [1.54, 1.807) is 6.20 Å². The molecule has 2 atom stereocenters. The standard InChI is InChI=1S/C19H20N8O7S4/c1-19(2,17(32)33)34-25-10(7-4-36-18(20)22-7)13(28)23-11-14(29)27-12(16(30)31)8(5-35-15(11)27)37-6-38-9-3-21-26-24-9/h3-4,11,15H,5-6H2,1-2H3,(H2,20,22)(H,23,28)(H,30,31)(H,32,33)(H,21,24,26)/b25-10-/t11-,15-/m1/s1. The number of oxime groups is 1. The molecule has 2 aromatic rings. The van der Waals surface area contributed by atoms with Gasteiger partial charge in [-0.05, 0) is 13.8 Å². The summed E-state index contributed by atoms with van der Waals surface area (Å²) in [6, 6.07) is -1.05. The molecule has 1 fully saturated rings. The van der Waals surface area contributed by atoms with Crippen LogP contribution in [-0.2, 0) is 24.0 Å². The number of aromatic amines is 1. The Bertz CT molecular complexity index is 1330. The Morgan fingerprint density at radius 2 is 2.13 bits per heavy atom. The van der Waals surface area contributed by atoms with Crippen LogP contribution in [0.3, 0.4) is 0 Å². The second-order valence-electron chi connectivity index (χ2n) is 8.07. The highest BCUT2D eigenvalue weighted by Gasteiger charge is 2.54. The number of nitrogen functional groups attached to an aromatic ring is 1. The maximum absolute atomic E-state index is 13.1. The number of carboxylic acids is 2. The van der Waals surface area contributed by atoms with Crippen molar-refractivity contribution in [3.63, 3.8) is 0 Å². The number of carboxylic acid groups (broad SMARTS) is 2. The van der Waals surface area contributed by atoms with Crippen molar-refractivity contribution in [2.45, 2.75) is 35.9 Å². The topological polar surface area (TPSA) is 226 Å². The van der Waals surface area contributed by atoms with Gasteiger partial charge in [0.2, 0.25) is 5.60 Å². The van der Waals surface area contributed by atoms with Gasteiger partial charge in [0.05, 0.1) is 11.3 Å². The molecule has 0 bridgehead atoms. The Hall–Kier alpha value is -3.29. The van der Waals surface area contributed by atoms with Gasteiger partial charge >= 0.3 is 11.9 Å². The number of nitrogens with one attached hydrogen (secondary N) is 2. The largest absolute Gasteiger partial charge is 0.478 e. The molecule has 2 aliphatic heterocycles. The summed E-state index contributed by atoms with van der Waals surface area (Å²) in [5.41, 5.74) is 3.42. The highest BCUT2D eigenvalue weighted by Crippen LogP contribution is 2.44. The van der Waals surface area contributed by atoms with Crippen molar-refractivity contribution in [2.24, 2.45) is 5.16 Å². The van der Waals surface area contributed by atoms with Crippen molar-refractivity contribution in [3.8, 4) is 0 Å². The molecule has 4 rings (SSSR count). The van der Waals surface area contributed by atoms with Gasteiger partial charge in [0.25, 0.3) is 11.8 Å². The van der Waals surface area contributed by atoms with E-state index in [1.807, 2.05) is 0 Å². The monoisotopic (exact) mass is 600 g/mol. The molecule has 19 heteroatoms. The molecule has 0 aliphatic carbocycles. The quantitative estimate of drug-likeness (QED) is 0.0783. The molecule has 0 aromatic carbocycles. The van der Waals surface area contributed by atoms with E-state index in [9.17, 15) is 29.4 Å². The number of β-lactam (4-membered cyclic amide) rings is 1. The Morgan fingerprint density at radius 1 is 1.37 bits per heavy atom. The third-order valence-electron chi connectivity index (χ3n) is 5.12. The Balaban J connectivity index is 1.49. The van der Waals surface area contributed by atoms with Gasteiger partial charge < -0.3 is 26.1 Å². The molecule has 0 unspecified atom stereocenters. The normalized spacial score (nSPS) is 19.6. The number of rotatable bonds is 11. The lowest BCUT2D eigenvalue weighted by Crippen LogP contribution is -2.71. The first-order valence-corrected chi connectivity index (χ1v) is 14.4. The smallest absolute Gasteiger partial charge is 0.353 e. The molecule has 2 aliphatic rings. The van der Waals surface area contributed by atoms with Gasteiger partial charge in [-0.25, -0.2) is 14.6 Å². The number of carbonyl (C=O) groups is 4. The summed E-state index contributed by atoms with van der Waals surface area (Å²) in [6.45, 7) is 2.49. The molecule has 15 nitrogen and oxygen atoms in total. The maximum Gasteiger partial charge on any atom is 0.353 e. The van der Waals surface area contributed by atoms with Crippen LogP contribution in [0.5, 0.6) is 0 Å². The molecule has 0 saturated carbocycles. The fourth-order valence-electron chi connectivity index (χ4n) is 3.13. The minimum absolute atomic E-state index is 0.0283. The number of fused-ring (bicyclic) bond motifs is 1. The molecule has 202 valence electrons. The minimum Gasteiger partial charge on any atom is -0.478 e. The molecule has 6 N–H and O–H groups in total. The van der Waals surface area contributed by atoms with Crippen LogP contribution in [0, 0.1) is 0 Å². The molecule has 1 saturated heterocycles. The van der Waals surface area contributed by atoms with Crippen molar-refractivity contribution < 1.29 is 34.2 Å². The first-order chi connectivity index (χ1) is 18.0. The maximum atomic E-state index is 13.1. The van der Waals surface area contributed by atoms with E-state index in [-0.39, 0.29) is 22.2 Å². The summed E-state index contributed by atoms with van der Waals surface area (Å²) < 4.78 is 0. The van der Waals surface area contributed by atoms with E-state index in [2.05, 4.69) is 30.9 Å². The lowest BCUT2D eigenvalue weighted by atomic mass is 10.0. The third-order valence-corrected chi connectivity index (χ3v) is 9.38. The number of thioether (sulfide) groups is 3. The predicted octanol–water partition coefficient (Wildman–Crippen LogP) is 0.606. The SMILES string of the molecule is CC(C)(O/N=C(\C(=O)N[C@@H]1C(=O)N2C(C(=O)O)=C(SCSc3c[nH]nn3)CS[C@H]12)c1csc(N)n1)C(=O)O. The Kier molecular flexibility index (Phi) is 8.19. The minimum atomic E-state index is -1.75. The number of carbonyl (C=O) groups excluding carboxylic acids is 2. The lowest BCUT2D eigenvalue weighted by Gasteiger charge is -2.49. The van der Waals surface area contributed by atoms with E-state index in [0.717, 1.165) is 16.2 Å². The number of hydrogen-bond acceptors (Lipinski definition) is 14. The Labute approximate surface area is 231 Å². The summed E-state index contributed by atoms with van der Waals surface area (Å²) in [7, 11) is 0. The van der Waals surface area contributed by atoms with Crippen molar-refractivity contribution in [1.82, 2.24) is 30.6 Å². The van der Waals surface area contributed by atoms with Crippen LogP contribution in [0.15, 0.2) is 32.4 Å². The highest BCUT2D eigenvalue weighted by atomic mass is 32.2. The van der Waals surface area contributed by atoms with Crippen LogP contribution in [0.4, 0.5) is 5.13 Å². The summed E-state index contributed by atoms with van der Waals surface area (Å²) in [5.74, 6) is -3.74. The highest BCUT2D eigenvalue weighted by molar-refractivity contribution is 8.18. The molecule has 4 heterocycles. The summed E-state index contributed by atoms with van der Waals surface area (Å²) in [4.78, 5) is 60.3. The first-order valence-electron chi connectivity index (χ1n) is 10.5. The van der Waals surface area contributed by atoms with Crippen molar-refractivity contribution in [3.05, 3.63) is 27.9 Å². The molecular weight excluding hydrogens is 581 g/mol. The molecule has 2 amide bonds. The number of thiazole rings is 1. The van der Waals surface area contributed by atoms with Gasteiger partial charge in [0, 0.05) is 16.0 Å². The zero-order valence-corrected chi connectivity index (χ0v) is 22.9. The number of aromatic nitrogens is 4. The van der Waals surface area contributed by atoms with Crippen LogP contribution in [0.25, 0.3) is 0 Å². The second kappa shape index (κ2) is 11.2. The van der Waals surface area contributed by atoms with E-state index in [4.69, 9.17) is 10.6 Å². The lowest BCUT2D eigenvalue weighted by molar-refractivity contribution is -0.161. The van der Waals surface area contributed by atoms with Crippen LogP contribution in [-0.4, -0.2) is 92.8 Å². The number of hydrogen-bond donors (Lipinski definition) is 5. The van der Waals surface area contributed by atoms with Gasteiger partial charge in [0.1, 0.15) is 27.8 Å². The number of aliphatic carboxylic acids is 2. The number of amides is 2. The molecule has 2 aromatic heterocycles. The zero-order valence-electron chi connectivity index (χ0n) is 19.6. The van der Waals surface area contributed by atoms with Crippen LogP contribution in [0.2, 0.25) is 0 Å². The van der Waals surface area contributed by atoms with Crippen molar-refractivity contribution in [1.29, 1.82) is 0 Å². The fraction of sp³-hybridized carbons (Fsp3) is 0.368. The van der Waals surface area contributed by atoms with Gasteiger partial charge in [-0.15, -0.1) is 40.0 Å². The average molecular weight is 601 g/mol. The van der Waals surface area contributed by atoms with E-state index in [0.29, 0.717) is 20.8 Å². The average Bonchev–Trinajstić information content (AvgIpc) is 3.54. The number of nitrogens with two attached hydrogens (primary N) is 1. The summed E-state index contributed by atoms with van der Waals surface area (Å²) >= 11 is 4.97. The summed E-state index contributed by atoms with van der Waals surface area (Å²) in [5, 5.41) is 37.4. The number of anilines is 1. The predicted molar refractivity (Wildman–Crippen MR) is 140 cm³/mol. The van der Waals surface area contributed by atoms with Gasteiger partial charge in [-0.3, -0.25) is 19.6 Å². The zero-order chi connectivity index (χ0) is 27.6. The van der Waals surface area contributed by atoms with Gasteiger partial charge in [-0.1, -0.05) is 22.1 Å². The molecule has 0 radical (unpaired) electrons. The number of H-pyrrole nitrogens is 1. The Morgan fingerprint density at radius 3 is 2.74 bits per heavy atom. The van der Waals surface area contributed by atoms with Crippen LogP contribution < -0.4 is 11.1 Å². The molecule has 38 heavy (non-hydrogen) atoms. The number of nitrogens with zero attached hydrogens (tertiary/aromatic N) is 5. The van der Waals surface area contributed by atoms with E-state index < -0.39 is 40.8 Å². The van der Waals surface area contributed by atoms with Crippen LogP contribution in [0.1, 0.15) is 19.5 Å². The van der Waals surface area contributed by atoms with Crippen molar-refractivity contribution in [2.75, 3.05) is 16.6 Å².